The quantitative estimate of drug-likeness (QED) is 0.599. The van der Waals surface area contributed by atoms with Gasteiger partial charge in [0.1, 0.15) is 11.6 Å². The van der Waals surface area contributed by atoms with Gasteiger partial charge in [0.2, 0.25) is 0 Å². The number of aliphatic imine (C=N–C) groups is 1. The Morgan fingerprint density at radius 3 is 2.69 bits per heavy atom. The third-order valence-electron chi connectivity index (χ3n) is 5.39. The van der Waals surface area contributed by atoms with Gasteiger partial charge in [0.25, 0.3) is 0 Å². The summed E-state index contributed by atoms with van der Waals surface area (Å²) < 4.78 is 13.9. The topological polar surface area (TPSA) is 55.8 Å². The lowest BCUT2D eigenvalue weighted by molar-refractivity contribution is 0.312. The highest BCUT2D eigenvalue weighted by atomic mass is 19.1. The molecule has 29 heavy (non-hydrogen) atoms. The SMILES string of the molecule is CN=C(NCc1cccnc1N1CCN(C)CC1)NC(C)c1ccc(C)c(F)c1. The number of piperazine rings is 1. The molecule has 0 spiro atoms. The largest absolute Gasteiger partial charge is 0.354 e. The molecule has 0 radical (unpaired) electrons. The molecule has 1 aromatic carbocycles. The summed E-state index contributed by atoms with van der Waals surface area (Å²) in [6, 6.07) is 9.31. The molecule has 7 heteroatoms. The predicted octanol–water partition coefficient (Wildman–Crippen LogP) is 2.71. The van der Waals surface area contributed by atoms with Crippen LogP contribution in [0.1, 0.15) is 29.7 Å². The molecule has 156 valence electrons. The lowest BCUT2D eigenvalue weighted by Gasteiger charge is -2.34. The van der Waals surface area contributed by atoms with E-state index in [9.17, 15) is 4.39 Å². The van der Waals surface area contributed by atoms with E-state index < -0.39 is 0 Å². The van der Waals surface area contributed by atoms with Gasteiger partial charge < -0.3 is 20.4 Å². The number of rotatable bonds is 5. The van der Waals surface area contributed by atoms with Gasteiger partial charge >= 0.3 is 0 Å². The maximum absolute atomic E-state index is 13.9. The maximum Gasteiger partial charge on any atom is 0.191 e. The maximum atomic E-state index is 13.9. The van der Waals surface area contributed by atoms with Crippen LogP contribution in [0.3, 0.4) is 0 Å². The number of hydrogen-bond acceptors (Lipinski definition) is 4. The molecule has 1 aliphatic rings. The average molecular weight is 399 g/mol. The summed E-state index contributed by atoms with van der Waals surface area (Å²) in [4.78, 5) is 13.6. The zero-order chi connectivity index (χ0) is 20.8. The summed E-state index contributed by atoms with van der Waals surface area (Å²) in [5.41, 5.74) is 2.67. The van der Waals surface area contributed by atoms with Crippen LogP contribution in [-0.4, -0.2) is 56.1 Å². The van der Waals surface area contributed by atoms with Crippen molar-refractivity contribution in [3.63, 3.8) is 0 Å². The van der Waals surface area contributed by atoms with Gasteiger partial charge in [0.05, 0.1) is 6.04 Å². The molecule has 1 unspecified atom stereocenters. The molecule has 0 saturated carbocycles. The van der Waals surface area contributed by atoms with E-state index in [2.05, 4.69) is 43.5 Å². The molecule has 2 aromatic rings. The van der Waals surface area contributed by atoms with Gasteiger partial charge in [-0.1, -0.05) is 18.2 Å². The van der Waals surface area contributed by atoms with Crippen molar-refractivity contribution >= 4 is 11.8 Å². The summed E-state index contributed by atoms with van der Waals surface area (Å²) in [7, 11) is 3.89. The highest BCUT2D eigenvalue weighted by Gasteiger charge is 2.18. The number of nitrogens with zero attached hydrogens (tertiary/aromatic N) is 4. The number of anilines is 1. The summed E-state index contributed by atoms with van der Waals surface area (Å²) in [5.74, 6) is 1.51. The van der Waals surface area contributed by atoms with Crippen LogP contribution in [0.25, 0.3) is 0 Å². The standard InChI is InChI=1S/C22H31FN6/c1-16-7-8-18(14-20(16)23)17(2)27-22(24-3)26-15-19-6-5-9-25-21(19)29-12-10-28(4)11-13-29/h5-9,14,17H,10-13,15H2,1-4H3,(H2,24,26,27). The van der Waals surface area contributed by atoms with Crippen LogP contribution in [-0.2, 0) is 6.54 Å². The van der Waals surface area contributed by atoms with E-state index in [1.807, 2.05) is 25.3 Å². The Labute approximate surface area is 172 Å². The fourth-order valence-electron chi connectivity index (χ4n) is 3.41. The Hall–Kier alpha value is -2.67. The lowest BCUT2D eigenvalue weighted by Crippen LogP contribution is -2.45. The highest BCUT2D eigenvalue weighted by molar-refractivity contribution is 5.80. The zero-order valence-electron chi connectivity index (χ0n) is 17.7. The van der Waals surface area contributed by atoms with Crippen LogP contribution >= 0.6 is 0 Å². The van der Waals surface area contributed by atoms with E-state index in [1.54, 1.807) is 26.1 Å². The van der Waals surface area contributed by atoms with Gasteiger partial charge in [-0.05, 0) is 44.2 Å². The van der Waals surface area contributed by atoms with Crippen molar-refractivity contribution in [2.24, 2.45) is 4.99 Å². The summed E-state index contributed by atoms with van der Waals surface area (Å²) in [5, 5.41) is 6.70. The highest BCUT2D eigenvalue weighted by Crippen LogP contribution is 2.19. The van der Waals surface area contributed by atoms with Crippen LogP contribution < -0.4 is 15.5 Å². The fraction of sp³-hybridized carbons (Fsp3) is 0.455. The van der Waals surface area contributed by atoms with E-state index in [0.717, 1.165) is 43.1 Å². The van der Waals surface area contributed by atoms with Crippen LogP contribution in [0, 0.1) is 12.7 Å². The van der Waals surface area contributed by atoms with Gasteiger partial charge in [0.15, 0.2) is 5.96 Å². The van der Waals surface area contributed by atoms with Gasteiger partial charge in [-0.2, -0.15) is 0 Å². The van der Waals surface area contributed by atoms with E-state index >= 15 is 0 Å². The van der Waals surface area contributed by atoms with Crippen molar-refractivity contribution in [1.82, 2.24) is 20.5 Å². The van der Waals surface area contributed by atoms with Crippen molar-refractivity contribution in [2.75, 3.05) is 45.2 Å². The molecule has 1 atom stereocenters. The first-order valence-electron chi connectivity index (χ1n) is 10.1. The Bertz CT molecular complexity index is 845. The lowest BCUT2D eigenvalue weighted by atomic mass is 10.1. The first-order chi connectivity index (χ1) is 14.0. The molecule has 1 aromatic heterocycles. The normalized spacial score (nSPS) is 16.6. The van der Waals surface area contributed by atoms with Gasteiger partial charge in [-0.3, -0.25) is 4.99 Å². The summed E-state index contributed by atoms with van der Waals surface area (Å²) >= 11 is 0. The van der Waals surface area contributed by atoms with Crippen molar-refractivity contribution in [2.45, 2.75) is 26.4 Å². The second-order valence-electron chi connectivity index (χ2n) is 7.58. The number of benzene rings is 1. The summed E-state index contributed by atoms with van der Waals surface area (Å²) in [6.45, 7) is 8.41. The summed E-state index contributed by atoms with van der Waals surface area (Å²) in [6.07, 6.45) is 1.85. The number of pyridine rings is 1. The molecular weight excluding hydrogens is 367 g/mol. The molecule has 6 nitrogen and oxygen atoms in total. The minimum Gasteiger partial charge on any atom is -0.354 e. The monoisotopic (exact) mass is 398 g/mol. The number of hydrogen-bond donors (Lipinski definition) is 2. The van der Waals surface area contributed by atoms with Crippen LogP contribution in [0.5, 0.6) is 0 Å². The van der Waals surface area contributed by atoms with Crippen molar-refractivity contribution in [1.29, 1.82) is 0 Å². The number of aromatic nitrogens is 1. The molecular formula is C22H31FN6. The molecule has 0 aliphatic carbocycles. The molecule has 2 heterocycles. The fourth-order valence-corrected chi connectivity index (χ4v) is 3.41. The van der Waals surface area contributed by atoms with Crippen molar-refractivity contribution in [3.8, 4) is 0 Å². The first kappa shape index (κ1) is 21.0. The minimum atomic E-state index is -0.189. The van der Waals surface area contributed by atoms with Crippen LogP contribution in [0.4, 0.5) is 10.2 Å². The average Bonchev–Trinajstić information content (AvgIpc) is 2.73. The number of likely N-dealkylation sites (N-methyl/N-ethyl adjacent to an activating group) is 1. The molecule has 0 bridgehead atoms. The Balaban J connectivity index is 1.63. The molecule has 2 N–H and O–H groups in total. The van der Waals surface area contributed by atoms with Crippen LogP contribution in [0.15, 0.2) is 41.5 Å². The van der Waals surface area contributed by atoms with Gasteiger partial charge in [0, 0.05) is 51.5 Å². The first-order valence-corrected chi connectivity index (χ1v) is 10.1. The number of guanidine groups is 1. The van der Waals surface area contributed by atoms with E-state index in [1.165, 1.54) is 0 Å². The number of halogens is 1. The van der Waals surface area contributed by atoms with Crippen LogP contribution in [0.2, 0.25) is 0 Å². The second-order valence-corrected chi connectivity index (χ2v) is 7.58. The number of aryl methyl sites for hydroxylation is 1. The van der Waals surface area contributed by atoms with E-state index in [0.29, 0.717) is 18.1 Å². The Kier molecular flexibility index (Phi) is 7.04. The third kappa shape index (κ3) is 5.44. The third-order valence-corrected chi connectivity index (χ3v) is 5.39. The van der Waals surface area contributed by atoms with E-state index in [-0.39, 0.29) is 11.9 Å². The zero-order valence-corrected chi connectivity index (χ0v) is 17.7. The van der Waals surface area contributed by atoms with E-state index in [4.69, 9.17) is 0 Å². The molecule has 3 rings (SSSR count). The van der Waals surface area contributed by atoms with Crippen molar-refractivity contribution < 1.29 is 4.39 Å². The molecule has 1 saturated heterocycles. The molecule has 1 aliphatic heterocycles. The Morgan fingerprint density at radius 2 is 2.00 bits per heavy atom. The van der Waals surface area contributed by atoms with Crippen molar-refractivity contribution in [3.05, 3.63) is 59.0 Å². The minimum absolute atomic E-state index is 0.0673. The predicted molar refractivity (Wildman–Crippen MR) is 117 cm³/mol. The molecule has 1 fully saturated rings. The number of nitrogens with one attached hydrogen (secondary N) is 2. The van der Waals surface area contributed by atoms with Gasteiger partial charge in [-0.25, -0.2) is 9.37 Å². The molecule has 0 amide bonds. The Morgan fingerprint density at radius 1 is 1.24 bits per heavy atom. The van der Waals surface area contributed by atoms with Gasteiger partial charge in [-0.15, -0.1) is 0 Å². The second kappa shape index (κ2) is 9.69. The smallest absolute Gasteiger partial charge is 0.191 e.